The Labute approximate surface area is 148 Å². The smallest absolute Gasteiger partial charge is 0.264 e. The van der Waals surface area contributed by atoms with E-state index < -0.39 is 0 Å². The van der Waals surface area contributed by atoms with Crippen molar-refractivity contribution in [3.63, 3.8) is 0 Å². The minimum Gasteiger partial charge on any atom is -0.504 e. The number of amidine groups is 1. The van der Waals surface area contributed by atoms with E-state index in [9.17, 15) is 9.90 Å². The molecule has 2 aromatic rings. The third-order valence-corrected chi connectivity index (χ3v) is 4.49. The molecule has 0 radical (unpaired) electrons. The minimum atomic E-state index is -0.284. The van der Waals surface area contributed by atoms with E-state index in [4.69, 9.17) is 16.3 Å². The number of carbonyl (C=O) groups is 1. The predicted molar refractivity (Wildman–Crippen MR) is 96.9 cm³/mol. The number of thioether (sulfide) groups is 1. The zero-order valence-electron chi connectivity index (χ0n) is 12.6. The molecular formula is C17H13ClN2O3S. The summed E-state index contributed by atoms with van der Waals surface area (Å²) in [6, 6.07) is 12.2. The molecule has 0 spiro atoms. The van der Waals surface area contributed by atoms with Gasteiger partial charge in [-0.2, -0.15) is 0 Å². The van der Waals surface area contributed by atoms with Gasteiger partial charge in [0.1, 0.15) is 0 Å². The SMILES string of the molecule is COc1cccc(/C=C2/SC(=Nc3ccccc3Cl)NC2=O)c1O. The fourth-order valence-corrected chi connectivity index (χ4v) is 3.10. The number of methoxy groups -OCH3 is 1. The average molecular weight is 361 g/mol. The molecule has 1 heterocycles. The van der Waals surface area contributed by atoms with E-state index in [-0.39, 0.29) is 11.7 Å². The Morgan fingerprint density at radius 3 is 2.79 bits per heavy atom. The Morgan fingerprint density at radius 2 is 2.04 bits per heavy atom. The molecule has 0 bridgehead atoms. The van der Waals surface area contributed by atoms with Crippen LogP contribution in [0.25, 0.3) is 6.08 Å². The topological polar surface area (TPSA) is 70.9 Å². The van der Waals surface area contributed by atoms with Crippen LogP contribution >= 0.6 is 23.4 Å². The lowest BCUT2D eigenvalue weighted by Crippen LogP contribution is -2.19. The van der Waals surface area contributed by atoms with Crippen LogP contribution in [0.1, 0.15) is 5.56 Å². The number of aromatic hydroxyl groups is 1. The molecule has 2 aromatic carbocycles. The van der Waals surface area contributed by atoms with Gasteiger partial charge in [0.25, 0.3) is 5.91 Å². The number of para-hydroxylation sites is 2. The summed E-state index contributed by atoms with van der Waals surface area (Å²) >= 11 is 7.25. The Balaban J connectivity index is 1.89. The standard InChI is InChI=1S/C17H13ClN2O3S/c1-23-13-8-4-5-10(15(13)21)9-14-16(22)20-17(24-14)19-12-7-3-2-6-11(12)18/h2-9,21H,1H3,(H,19,20,22)/b14-9+. The highest BCUT2D eigenvalue weighted by molar-refractivity contribution is 8.18. The summed E-state index contributed by atoms with van der Waals surface area (Å²) in [4.78, 5) is 16.9. The lowest BCUT2D eigenvalue weighted by Gasteiger charge is -2.05. The highest BCUT2D eigenvalue weighted by atomic mass is 35.5. The van der Waals surface area contributed by atoms with Gasteiger partial charge in [0.15, 0.2) is 16.7 Å². The largest absolute Gasteiger partial charge is 0.504 e. The summed E-state index contributed by atoms with van der Waals surface area (Å²) in [6.07, 6.45) is 1.59. The van der Waals surface area contributed by atoms with Crippen LogP contribution in [-0.4, -0.2) is 23.3 Å². The first-order valence-corrected chi connectivity index (χ1v) is 8.18. The van der Waals surface area contributed by atoms with Crippen molar-refractivity contribution in [2.24, 2.45) is 4.99 Å². The summed E-state index contributed by atoms with van der Waals surface area (Å²) < 4.78 is 5.07. The highest BCUT2D eigenvalue weighted by Crippen LogP contribution is 2.35. The van der Waals surface area contributed by atoms with Gasteiger partial charge in [-0.25, -0.2) is 4.99 Å². The van der Waals surface area contributed by atoms with Crippen molar-refractivity contribution in [2.45, 2.75) is 0 Å². The summed E-state index contributed by atoms with van der Waals surface area (Å²) in [5.74, 6) is 0.0446. The highest BCUT2D eigenvalue weighted by Gasteiger charge is 2.24. The minimum absolute atomic E-state index is 0.0163. The number of carbonyl (C=O) groups excluding carboxylic acids is 1. The number of benzene rings is 2. The number of nitrogens with zero attached hydrogens (tertiary/aromatic N) is 1. The average Bonchev–Trinajstić information content (AvgIpc) is 2.91. The second kappa shape index (κ2) is 6.98. The lowest BCUT2D eigenvalue weighted by molar-refractivity contribution is -0.115. The fourth-order valence-electron chi connectivity index (χ4n) is 2.09. The van der Waals surface area contributed by atoms with Gasteiger partial charge in [-0.05, 0) is 36.0 Å². The maximum atomic E-state index is 12.1. The Kier molecular flexibility index (Phi) is 4.78. The van der Waals surface area contributed by atoms with E-state index in [1.165, 1.54) is 18.9 Å². The van der Waals surface area contributed by atoms with Gasteiger partial charge in [0.05, 0.1) is 22.7 Å². The van der Waals surface area contributed by atoms with Crippen molar-refractivity contribution in [3.8, 4) is 11.5 Å². The van der Waals surface area contributed by atoms with Crippen molar-refractivity contribution < 1.29 is 14.6 Å². The third-order valence-electron chi connectivity index (χ3n) is 3.26. The van der Waals surface area contributed by atoms with E-state index in [0.29, 0.717) is 32.1 Å². The van der Waals surface area contributed by atoms with Gasteiger partial charge in [-0.15, -0.1) is 0 Å². The van der Waals surface area contributed by atoms with Crippen molar-refractivity contribution in [3.05, 3.63) is 58.0 Å². The molecule has 1 aliphatic rings. The Hall–Kier alpha value is -2.44. The van der Waals surface area contributed by atoms with E-state index >= 15 is 0 Å². The van der Waals surface area contributed by atoms with E-state index in [1.54, 1.807) is 36.4 Å². The third kappa shape index (κ3) is 3.39. The van der Waals surface area contributed by atoms with Crippen LogP contribution in [0.15, 0.2) is 52.4 Å². The van der Waals surface area contributed by atoms with Gasteiger partial charge in [0.2, 0.25) is 0 Å². The molecule has 1 aliphatic heterocycles. The van der Waals surface area contributed by atoms with E-state index in [2.05, 4.69) is 10.3 Å². The monoisotopic (exact) mass is 360 g/mol. The maximum Gasteiger partial charge on any atom is 0.264 e. The summed E-state index contributed by atoms with van der Waals surface area (Å²) in [7, 11) is 1.47. The molecule has 7 heteroatoms. The van der Waals surface area contributed by atoms with Crippen LogP contribution < -0.4 is 10.1 Å². The first-order chi connectivity index (χ1) is 11.6. The van der Waals surface area contributed by atoms with E-state index in [0.717, 1.165) is 0 Å². The number of hydrogen-bond donors (Lipinski definition) is 2. The number of halogens is 1. The van der Waals surface area contributed by atoms with Crippen LogP contribution in [0.3, 0.4) is 0 Å². The predicted octanol–water partition coefficient (Wildman–Crippen LogP) is 3.95. The molecule has 0 unspecified atom stereocenters. The molecule has 1 amide bonds. The second-order valence-electron chi connectivity index (χ2n) is 4.83. The van der Waals surface area contributed by atoms with E-state index in [1.807, 2.05) is 12.1 Å². The number of hydrogen-bond acceptors (Lipinski definition) is 5. The normalized spacial score (nSPS) is 17.3. The molecule has 0 saturated carbocycles. The van der Waals surface area contributed by atoms with Gasteiger partial charge in [0, 0.05) is 5.56 Å². The van der Waals surface area contributed by atoms with Gasteiger partial charge in [-0.1, -0.05) is 35.9 Å². The zero-order chi connectivity index (χ0) is 17.1. The van der Waals surface area contributed by atoms with Gasteiger partial charge in [-0.3, -0.25) is 4.79 Å². The number of phenolic OH excluding ortho intramolecular Hbond substituents is 1. The number of aliphatic imine (C=N–C) groups is 1. The Morgan fingerprint density at radius 1 is 1.25 bits per heavy atom. The first-order valence-electron chi connectivity index (χ1n) is 6.98. The molecule has 24 heavy (non-hydrogen) atoms. The molecule has 0 atom stereocenters. The van der Waals surface area contributed by atoms with Crippen LogP contribution in [-0.2, 0) is 4.79 Å². The Bertz CT molecular complexity index is 865. The fraction of sp³-hybridized carbons (Fsp3) is 0.0588. The lowest BCUT2D eigenvalue weighted by atomic mass is 10.1. The molecule has 122 valence electrons. The number of ether oxygens (including phenoxy) is 1. The number of amides is 1. The van der Waals surface area contributed by atoms with Crippen molar-refractivity contribution in [1.29, 1.82) is 0 Å². The van der Waals surface area contributed by atoms with Gasteiger partial charge < -0.3 is 15.2 Å². The number of nitrogens with one attached hydrogen (secondary N) is 1. The second-order valence-corrected chi connectivity index (χ2v) is 6.27. The van der Waals surface area contributed by atoms with Crippen LogP contribution in [0.5, 0.6) is 11.5 Å². The quantitative estimate of drug-likeness (QED) is 0.813. The van der Waals surface area contributed by atoms with Crippen molar-refractivity contribution in [2.75, 3.05) is 7.11 Å². The molecular weight excluding hydrogens is 348 g/mol. The molecule has 2 N–H and O–H groups in total. The number of rotatable bonds is 3. The van der Waals surface area contributed by atoms with Crippen molar-refractivity contribution >= 4 is 46.2 Å². The zero-order valence-corrected chi connectivity index (χ0v) is 14.2. The number of phenols is 1. The summed E-state index contributed by atoms with van der Waals surface area (Å²) in [5, 5.41) is 13.7. The van der Waals surface area contributed by atoms with Crippen molar-refractivity contribution in [1.82, 2.24) is 5.32 Å². The molecule has 1 fully saturated rings. The summed E-state index contributed by atoms with van der Waals surface area (Å²) in [6.45, 7) is 0. The molecule has 5 nitrogen and oxygen atoms in total. The van der Waals surface area contributed by atoms with Crippen LogP contribution in [0.4, 0.5) is 5.69 Å². The molecule has 1 saturated heterocycles. The molecule has 3 rings (SSSR count). The van der Waals surface area contributed by atoms with Gasteiger partial charge >= 0.3 is 0 Å². The van der Waals surface area contributed by atoms with Crippen LogP contribution in [0, 0.1) is 0 Å². The van der Waals surface area contributed by atoms with Crippen LogP contribution in [0.2, 0.25) is 5.02 Å². The molecule has 0 aromatic heterocycles. The summed E-state index contributed by atoms with van der Waals surface area (Å²) in [5.41, 5.74) is 1.07. The maximum absolute atomic E-state index is 12.1. The first kappa shape index (κ1) is 16.4. The molecule has 0 aliphatic carbocycles.